The van der Waals surface area contributed by atoms with Crippen LogP contribution >= 0.6 is 0 Å². The van der Waals surface area contributed by atoms with Crippen molar-refractivity contribution in [3.63, 3.8) is 0 Å². The Kier molecular flexibility index (Phi) is 4.45. The van der Waals surface area contributed by atoms with Gasteiger partial charge < -0.3 is 10.1 Å². The standard InChI is InChI=1S/C13H25NO/c1-2-14-12-6-3-5-11(9-12)10-13-7-4-8-15-13/h11-14H,2-10H2,1H3. The Hall–Kier alpha value is -0.0800. The van der Waals surface area contributed by atoms with Gasteiger partial charge in [-0.05, 0) is 44.6 Å². The minimum atomic E-state index is 0.593. The second-order valence-electron chi connectivity index (χ2n) is 5.16. The topological polar surface area (TPSA) is 21.3 Å². The van der Waals surface area contributed by atoms with Crippen LogP contribution in [-0.4, -0.2) is 25.3 Å². The molecule has 0 aromatic rings. The Morgan fingerprint density at radius 2 is 2.13 bits per heavy atom. The highest BCUT2D eigenvalue weighted by Gasteiger charge is 2.25. The van der Waals surface area contributed by atoms with Crippen molar-refractivity contribution in [1.82, 2.24) is 5.32 Å². The third-order valence-electron chi connectivity index (χ3n) is 3.90. The fourth-order valence-electron chi connectivity index (χ4n) is 3.18. The van der Waals surface area contributed by atoms with Crippen molar-refractivity contribution in [2.75, 3.05) is 13.2 Å². The lowest BCUT2D eigenvalue weighted by Gasteiger charge is -2.30. The summed E-state index contributed by atoms with van der Waals surface area (Å²) in [4.78, 5) is 0. The number of hydrogen-bond donors (Lipinski definition) is 1. The van der Waals surface area contributed by atoms with Gasteiger partial charge in [-0.1, -0.05) is 19.8 Å². The molecule has 2 fully saturated rings. The van der Waals surface area contributed by atoms with Gasteiger partial charge in [0.25, 0.3) is 0 Å². The van der Waals surface area contributed by atoms with E-state index in [9.17, 15) is 0 Å². The molecule has 2 aliphatic rings. The van der Waals surface area contributed by atoms with Crippen molar-refractivity contribution in [1.29, 1.82) is 0 Å². The molecule has 3 atom stereocenters. The zero-order chi connectivity index (χ0) is 10.5. The second-order valence-corrected chi connectivity index (χ2v) is 5.16. The van der Waals surface area contributed by atoms with Gasteiger partial charge in [0.1, 0.15) is 0 Å². The van der Waals surface area contributed by atoms with E-state index < -0.39 is 0 Å². The lowest BCUT2D eigenvalue weighted by atomic mass is 9.82. The molecule has 1 aliphatic heterocycles. The maximum Gasteiger partial charge on any atom is 0.0578 e. The van der Waals surface area contributed by atoms with Crippen molar-refractivity contribution >= 4 is 0 Å². The minimum Gasteiger partial charge on any atom is -0.378 e. The van der Waals surface area contributed by atoms with Crippen LogP contribution in [0.5, 0.6) is 0 Å². The van der Waals surface area contributed by atoms with Crippen LogP contribution in [-0.2, 0) is 4.74 Å². The SMILES string of the molecule is CCNC1CCCC(CC2CCCO2)C1. The Morgan fingerprint density at radius 3 is 2.87 bits per heavy atom. The van der Waals surface area contributed by atoms with E-state index in [0.717, 1.165) is 25.1 Å². The Labute approximate surface area is 93.8 Å². The zero-order valence-corrected chi connectivity index (χ0v) is 10.0. The maximum absolute atomic E-state index is 5.73. The molecule has 3 unspecified atom stereocenters. The zero-order valence-electron chi connectivity index (χ0n) is 10.0. The molecular weight excluding hydrogens is 186 g/mol. The first kappa shape index (κ1) is 11.4. The highest BCUT2D eigenvalue weighted by molar-refractivity contribution is 4.80. The van der Waals surface area contributed by atoms with E-state index in [1.54, 1.807) is 0 Å². The molecule has 2 nitrogen and oxygen atoms in total. The van der Waals surface area contributed by atoms with Gasteiger partial charge >= 0.3 is 0 Å². The largest absolute Gasteiger partial charge is 0.378 e. The summed E-state index contributed by atoms with van der Waals surface area (Å²) in [7, 11) is 0. The van der Waals surface area contributed by atoms with Crippen LogP contribution in [0.15, 0.2) is 0 Å². The van der Waals surface area contributed by atoms with E-state index in [1.807, 2.05) is 0 Å². The molecule has 0 radical (unpaired) electrons. The molecule has 1 saturated heterocycles. The van der Waals surface area contributed by atoms with Gasteiger partial charge in [-0.3, -0.25) is 0 Å². The monoisotopic (exact) mass is 211 g/mol. The summed E-state index contributed by atoms with van der Waals surface area (Å²) in [5, 5.41) is 3.60. The molecule has 0 amide bonds. The van der Waals surface area contributed by atoms with Gasteiger partial charge in [-0.25, -0.2) is 0 Å². The van der Waals surface area contributed by atoms with Crippen molar-refractivity contribution in [3.05, 3.63) is 0 Å². The normalized spacial score (nSPS) is 37.0. The molecular formula is C13H25NO. The molecule has 88 valence electrons. The van der Waals surface area contributed by atoms with E-state index in [4.69, 9.17) is 4.74 Å². The van der Waals surface area contributed by atoms with Gasteiger partial charge in [0.2, 0.25) is 0 Å². The van der Waals surface area contributed by atoms with Gasteiger partial charge in [-0.15, -0.1) is 0 Å². The molecule has 2 heteroatoms. The lowest BCUT2D eigenvalue weighted by Crippen LogP contribution is -2.34. The summed E-state index contributed by atoms with van der Waals surface area (Å²) in [5.74, 6) is 0.922. The summed E-state index contributed by atoms with van der Waals surface area (Å²) < 4.78 is 5.73. The first-order valence-electron chi connectivity index (χ1n) is 6.73. The van der Waals surface area contributed by atoms with Crippen molar-refractivity contribution in [2.24, 2.45) is 5.92 Å². The molecule has 1 saturated carbocycles. The highest BCUT2D eigenvalue weighted by atomic mass is 16.5. The first-order valence-corrected chi connectivity index (χ1v) is 6.73. The first-order chi connectivity index (χ1) is 7.38. The number of rotatable bonds is 4. The van der Waals surface area contributed by atoms with Crippen LogP contribution < -0.4 is 5.32 Å². The maximum atomic E-state index is 5.73. The Morgan fingerprint density at radius 1 is 1.20 bits per heavy atom. The third-order valence-corrected chi connectivity index (χ3v) is 3.90. The van der Waals surface area contributed by atoms with Crippen LogP contribution in [0.2, 0.25) is 0 Å². The summed E-state index contributed by atoms with van der Waals surface area (Å²) in [5.41, 5.74) is 0. The van der Waals surface area contributed by atoms with Gasteiger partial charge in [0.05, 0.1) is 6.10 Å². The third kappa shape index (κ3) is 3.46. The van der Waals surface area contributed by atoms with Crippen LogP contribution in [0, 0.1) is 5.92 Å². The molecule has 1 aliphatic carbocycles. The quantitative estimate of drug-likeness (QED) is 0.772. The number of ether oxygens (including phenoxy) is 1. The molecule has 0 aromatic heterocycles. The van der Waals surface area contributed by atoms with E-state index in [2.05, 4.69) is 12.2 Å². The highest BCUT2D eigenvalue weighted by Crippen LogP contribution is 2.30. The predicted octanol–water partition coefficient (Wildman–Crippen LogP) is 2.72. The average molecular weight is 211 g/mol. The minimum absolute atomic E-state index is 0.593. The van der Waals surface area contributed by atoms with E-state index >= 15 is 0 Å². The molecule has 1 N–H and O–H groups in total. The van der Waals surface area contributed by atoms with E-state index in [-0.39, 0.29) is 0 Å². The summed E-state index contributed by atoms with van der Waals surface area (Å²) in [6.07, 6.45) is 10.1. The van der Waals surface area contributed by atoms with E-state index in [1.165, 1.54) is 44.9 Å². The molecule has 0 aromatic carbocycles. The smallest absolute Gasteiger partial charge is 0.0578 e. The Bertz CT molecular complexity index is 175. The lowest BCUT2D eigenvalue weighted by molar-refractivity contribution is 0.0801. The average Bonchev–Trinajstić information content (AvgIpc) is 2.71. The van der Waals surface area contributed by atoms with Crippen LogP contribution in [0.4, 0.5) is 0 Å². The molecule has 2 rings (SSSR count). The van der Waals surface area contributed by atoms with Crippen LogP contribution in [0.25, 0.3) is 0 Å². The van der Waals surface area contributed by atoms with Crippen molar-refractivity contribution in [3.8, 4) is 0 Å². The second kappa shape index (κ2) is 5.86. The molecule has 0 spiro atoms. The fraction of sp³-hybridized carbons (Fsp3) is 1.00. The van der Waals surface area contributed by atoms with Crippen molar-refractivity contribution in [2.45, 2.75) is 64.0 Å². The van der Waals surface area contributed by atoms with Crippen molar-refractivity contribution < 1.29 is 4.74 Å². The fourth-order valence-corrected chi connectivity index (χ4v) is 3.18. The van der Waals surface area contributed by atoms with Gasteiger partial charge in [0.15, 0.2) is 0 Å². The molecule has 15 heavy (non-hydrogen) atoms. The molecule has 0 bridgehead atoms. The van der Waals surface area contributed by atoms with E-state index in [0.29, 0.717) is 6.10 Å². The Balaban J connectivity index is 1.71. The van der Waals surface area contributed by atoms with Gasteiger partial charge in [-0.2, -0.15) is 0 Å². The summed E-state index contributed by atoms with van der Waals surface area (Å²) in [6, 6.07) is 0.787. The molecule has 1 heterocycles. The summed E-state index contributed by atoms with van der Waals surface area (Å²) >= 11 is 0. The van der Waals surface area contributed by atoms with Crippen LogP contribution in [0.3, 0.4) is 0 Å². The van der Waals surface area contributed by atoms with Gasteiger partial charge in [0, 0.05) is 12.6 Å². The predicted molar refractivity (Wildman–Crippen MR) is 63.0 cm³/mol. The number of hydrogen-bond acceptors (Lipinski definition) is 2. The van der Waals surface area contributed by atoms with Crippen LogP contribution in [0.1, 0.15) is 51.9 Å². The summed E-state index contributed by atoms with van der Waals surface area (Å²) in [6.45, 7) is 4.34. The number of nitrogens with one attached hydrogen (secondary N) is 1.